The van der Waals surface area contributed by atoms with Crippen molar-refractivity contribution in [3.05, 3.63) is 33.3 Å². The Balaban J connectivity index is 1.35. The second-order valence-electron chi connectivity index (χ2n) is 8.20. The Hall–Kier alpha value is -1.12. The average molecular weight is 393 g/mol. The van der Waals surface area contributed by atoms with Crippen molar-refractivity contribution in [2.24, 2.45) is 11.6 Å². The summed E-state index contributed by atoms with van der Waals surface area (Å²) in [4.78, 5) is 5.40. The molecule has 7 heteroatoms. The monoisotopic (exact) mass is 392 g/mol. The van der Waals surface area contributed by atoms with Gasteiger partial charge in [0.15, 0.2) is 0 Å². The fourth-order valence-corrected chi connectivity index (χ4v) is 5.71. The van der Waals surface area contributed by atoms with Gasteiger partial charge >= 0.3 is 0 Å². The topological polar surface area (TPSA) is 88.0 Å². The Morgan fingerprint density at radius 3 is 2.85 bits per heavy atom. The number of hydrazine groups is 1. The van der Waals surface area contributed by atoms with Crippen molar-refractivity contribution in [2.75, 3.05) is 26.2 Å². The number of aliphatic hydroxyl groups is 1. The summed E-state index contributed by atoms with van der Waals surface area (Å²) in [5, 5.41) is 11.1. The number of hydrogen-bond donors (Lipinski definition) is 3. The summed E-state index contributed by atoms with van der Waals surface area (Å²) < 4.78 is 6.35. The molecule has 5 N–H and O–H groups in total. The van der Waals surface area contributed by atoms with Crippen LogP contribution in [0.4, 0.5) is 0 Å². The van der Waals surface area contributed by atoms with Gasteiger partial charge in [0.1, 0.15) is 0 Å². The van der Waals surface area contributed by atoms with Crippen molar-refractivity contribution in [1.29, 1.82) is 0 Å². The lowest BCUT2D eigenvalue weighted by molar-refractivity contribution is -0.0961. The fraction of sp³-hybridized carbons (Fsp3) is 0.700. The summed E-state index contributed by atoms with van der Waals surface area (Å²) in [5.74, 6) is 6.06. The van der Waals surface area contributed by atoms with Gasteiger partial charge in [-0.15, -0.1) is 11.3 Å². The van der Waals surface area contributed by atoms with Crippen LogP contribution in [0.3, 0.4) is 0 Å². The lowest BCUT2D eigenvalue weighted by atomic mass is 9.82. The Bertz CT molecular complexity index is 690. The summed E-state index contributed by atoms with van der Waals surface area (Å²) in [7, 11) is 0. The number of thiophene rings is 1. The standard InChI is InChI=1S/C20H32N4O2S/c1-2-17-11-18-19(27-17)3-8-26-20(18)4-6-23(7-5-20)12-14(21)13-24(22)15-9-16(25)10-15/h11,13,15-16,25H,2-10,12,21-22H2,1H3/b14-13-. The van der Waals surface area contributed by atoms with Gasteiger partial charge in [0.2, 0.25) is 0 Å². The predicted molar refractivity (Wildman–Crippen MR) is 108 cm³/mol. The molecule has 1 aliphatic carbocycles. The third-order valence-electron chi connectivity index (χ3n) is 6.30. The highest BCUT2D eigenvalue weighted by atomic mass is 32.1. The van der Waals surface area contributed by atoms with E-state index in [-0.39, 0.29) is 17.7 Å². The highest BCUT2D eigenvalue weighted by Gasteiger charge is 2.41. The zero-order valence-electron chi connectivity index (χ0n) is 16.2. The van der Waals surface area contributed by atoms with Crippen molar-refractivity contribution in [1.82, 2.24) is 9.91 Å². The van der Waals surface area contributed by atoms with Crippen LogP contribution in [0.2, 0.25) is 0 Å². The van der Waals surface area contributed by atoms with E-state index in [0.29, 0.717) is 0 Å². The van der Waals surface area contributed by atoms with E-state index in [4.69, 9.17) is 16.3 Å². The number of piperidine rings is 1. The first kappa shape index (κ1) is 19.2. The van der Waals surface area contributed by atoms with Gasteiger partial charge in [-0.3, -0.25) is 4.90 Å². The number of fused-ring (bicyclic) bond motifs is 2. The number of nitrogens with zero attached hydrogens (tertiary/aromatic N) is 2. The zero-order valence-corrected chi connectivity index (χ0v) is 17.0. The minimum absolute atomic E-state index is 0.0888. The average Bonchev–Trinajstić information content (AvgIpc) is 3.06. The van der Waals surface area contributed by atoms with E-state index in [1.165, 1.54) is 15.3 Å². The van der Waals surface area contributed by atoms with Crippen LogP contribution in [-0.2, 0) is 23.2 Å². The van der Waals surface area contributed by atoms with Crippen LogP contribution in [0.5, 0.6) is 0 Å². The van der Waals surface area contributed by atoms with Gasteiger partial charge in [-0.25, -0.2) is 5.84 Å². The SMILES string of the molecule is CCc1cc2c(s1)CCOC21CCN(C/C(N)=C/N(N)C2CC(O)C2)CC1. The minimum Gasteiger partial charge on any atom is -0.400 e. The first-order valence-electron chi connectivity index (χ1n) is 10.1. The number of rotatable bonds is 5. The van der Waals surface area contributed by atoms with E-state index in [1.54, 1.807) is 5.01 Å². The van der Waals surface area contributed by atoms with Crippen LogP contribution in [0.1, 0.15) is 47.9 Å². The maximum Gasteiger partial charge on any atom is 0.0966 e. The smallest absolute Gasteiger partial charge is 0.0966 e. The molecule has 1 spiro atoms. The lowest BCUT2D eigenvalue weighted by Crippen LogP contribution is -2.49. The molecule has 0 aromatic carbocycles. The summed E-state index contributed by atoms with van der Waals surface area (Å²) in [6, 6.07) is 2.60. The van der Waals surface area contributed by atoms with Gasteiger partial charge in [0.25, 0.3) is 0 Å². The molecule has 3 heterocycles. The van der Waals surface area contributed by atoms with Crippen LogP contribution < -0.4 is 11.6 Å². The Kier molecular flexibility index (Phi) is 5.49. The molecule has 2 aliphatic heterocycles. The minimum atomic E-state index is -0.209. The molecule has 150 valence electrons. The predicted octanol–water partition coefficient (Wildman–Crippen LogP) is 1.67. The number of nitrogens with two attached hydrogens (primary N) is 2. The van der Waals surface area contributed by atoms with E-state index in [9.17, 15) is 5.11 Å². The highest BCUT2D eigenvalue weighted by molar-refractivity contribution is 7.12. The van der Waals surface area contributed by atoms with Crippen molar-refractivity contribution < 1.29 is 9.84 Å². The molecule has 0 unspecified atom stereocenters. The maximum atomic E-state index is 9.42. The van der Waals surface area contributed by atoms with E-state index < -0.39 is 0 Å². The maximum absolute atomic E-state index is 9.42. The summed E-state index contributed by atoms with van der Waals surface area (Å²) >= 11 is 1.97. The number of ether oxygens (including phenoxy) is 1. The van der Waals surface area contributed by atoms with Crippen molar-refractivity contribution >= 4 is 11.3 Å². The molecule has 1 saturated carbocycles. The lowest BCUT2D eigenvalue weighted by Gasteiger charge is -2.44. The third-order valence-corrected chi connectivity index (χ3v) is 7.64. The van der Waals surface area contributed by atoms with Crippen LogP contribution in [-0.4, -0.2) is 53.4 Å². The van der Waals surface area contributed by atoms with Crippen LogP contribution in [0, 0.1) is 0 Å². The zero-order chi connectivity index (χ0) is 19.0. The summed E-state index contributed by atoms with van der Waals surface area (Å²) in [5.41, 5.74) is 8.38. The number of likely N-dealkylation sites (tertiary alicyclic amines) is 1. The molecule has 6 nitrogen and oxygen atoms in total. The number of aryl methyl sites for hydroxylation is 1. The first-order chi connectivity index (χ1) is 13.0. The molecule has 2 fully saturated rings. The second-order valence-corrected chi connectivity index (χ2v) is 9.42. The van der Waals surface area contributed by atoms with Gasteiger partial charge in [0.05, 0.1) is 18.3 Å². The van der Waals surface area contributed by atoms with Crippen molar-refractivity contribution in [3.8, 4) is 0 Å². The molecule has 1 saturated heterocycles. The quantitative estimate of drug-likeness (QED) is 0.522. The van der Waals surface area contributed by atoms with E-state index in [1.807, 2.05) is 17.5 Å². The summed E-state index contributed by atoms with van der Waals surface area (Å²) in [6.45, 7) is 5.77. The molecule has 0 amide bonds. The first-order valence-corrected chi connectivity index (χ1v) is 11.0. The Morgan fingerprint density at radius 2 is 2.19 bits per heavy atom. The second kappa shape index (κ2) is 7.72. The summed E-state index contributed by atoms with van der Waals surface area (Å²) in [6.07, 6.45) is 7.29. The molecule has 0 bridgehead atoms. The van der Waals surface area contributed by atoms with Crippen LogP contribution in [0.25, 0.3) is 0 Å². The Morgan fingerprint density at radius 1 is 1.44 bits per heavy atom. The van der Waals surface area contributed by atoms with Gasteiger partial charge in [0, 0.05) is 53.7 Å². The van der Waals surface area contributed by atoms with Crippen LogP contribution >= 0.6 is 11.3 Å². The molecular weight excluding hydrogens is 360 g/mol. The van der Waals surface area contributed by atoms with E-state index in [2.05, 4.69) is 17.9 Å². The molecule has 3 aliphatic rings. The fourth-order valence-electron chi connectivity index (χ4n) is 4.53. The van der Waals surface area contributed by atoms with E-state index in [0.717, 1.165) is 70.5 Å². The number of hydrogen-bond acceptors (Lipinski definition) is 7. The van der Waals surface area contributed by atoms with Crippen LogP contribution in [0.15, 0.2) is 18.0 Å². The molecular formula is C20H32N4O2S. The molecule has 1 aromatic heterocycles. The van der Waals surface area contributed by atoms with Gasteiger partial charge in [-0.1, -0.05) is 6.92 Å². The highest BCUT2D eigenvalue weighted by Crippen LogP contribution is 2.44. The van der Waals surface area contributed by atoms with Gasteiger partial charge < -0.3 is 20.6 Å². The van der Waals surface area contributed by atoms with Crippen molar-refractivity contribution in [3.63, 3.8) is 0 Å². The molecule has 0 radical (unpaired) electrons. The normalized spacial score (nSPS) is 28.0. The molecule has 27 heavy (non-hydrogen) atoms. The molecule has 0 atom stereocenters. The Labute approximate surface area is 165 Å². The van der Waals surface area contributed by atoms with Gasteiger partial charge in [-0.05, 0) is 43.7 Å². The molecule has 4 rings (SSSR count). The number of aliphatic hydroxyl groups excluding tert-OH is 1. The van der Waals surface area contributed by atoms with Crippen molar-refractivity contribution in [2.45, 2.75) is 63.2 Å². The van der Waals surface area contributed by atoms with E-state index >= 15 is 0 Å². The third kappa shape index (κ3) is 3.89. The largest absolute Gasteiger partial charge is 0.400 e. The van der Waals surface area contributed by atoms with Gasteiger partial charge in [-0.2, -0.15) is 0 Å². The molecule has 1 aromatic rings.